The molecule has 0 spiro atoms. The molecule has 0 rings (SSSR count). The van der Waals surface area contributed by atoms with Gasteiger partial charge in [-0.3, -0.25) is 4.79 Å². The summed E-state index contributed by atoms with van der Waals surface area (Å²) >= 11 is 0. The molecule has 5 heteroatoms. The van der Waals surface area contributed by atoms with E-state index in [9.17, 15) is 4.79 Å². The molecule has 0 aromatic carbocycles. The van der Waals surface area contributed by atoms with Crippen molar-refractivity contribution in [1.82, 2.24) is 5.32 Å². The van der Waals surface area contributed by atoms with E-state index >= 15 is 0 Å². The van der Waals surface area contributed by atoms with Crippen molar-refractivity contribution in [2.45, 2.75) is 84.1 Å². The van der Waals surface area contributed by atoms with Crippen molar-refractivity contribution in [2.75, 3.05) is 6.54 Å². The van der Waals surface area contributed by atoms with Crippen LogP contribution in [-0.4, -0.2) is 23.7 Å². The molecule has 0 saturated heterocycles. The number of carboxylic acids is 1. The summed E-state index contributed by atoms with van der Waals surface area (Å²) in [6.07, 6.45) is 13.2. The number of carboxylic acid groups (broad SMARTS) is 1. The second-order valence-electron chi connectivity index (χ2n) is 5.20. The average Bonchev–Trinajstić information content (AvgIpc) is 2.35. The van der Waals surface area contributed by atoms with Gasteiger partial charge in [-0.2, -0.15) is 0 Å². The maximum absolute atomic E-state index is 10.5. The first kappa shape index (κ1) is 26.1. The molecule has 0 aliphatic carbocycles. The van der Waals surface area contributed by atoms with Gasteiger partial charge >= 0.3 is 35.5 Å². The van der Waals surface area contributed by atoms with Crippen molar-refractivity contribution in [1.29, 1.82) is 0 Å². The molecule has 0 unspecified atom stereocenters. The fraction of sp³-hybridized carbons (Fsp3) is 0.933. The first-order valence-electron chi connectivity index (χ1n) is 7.64. The largest absolute Gasteiger partial charge is 1.00 e. The minimum absolute atomic E-state index is 0. The van der Waals surface area contributed by atoms with E-state index in [4.69, 9.17) is 5.11 Å². The van der Waals surface area contributed by atoms with Gasteiger partial charge in [0.25, 0.3) is 0 Å². The molecular weight excluding hydrogens is 376 g/mol. The first-order valence-corrected chi connectivity index (χ1v) is 7.64. The number of aliphatic carboxylic acids is 1. The summed E-state index contributed by atoms with van der Waals surface area (Å²) in [7, 11) is 0. The smallest absolute Gasteiger partial charge is 1.00 e. The maximum Gasteiger partial charge on any atom is 1.00 e. The average molecular weight is 409 g/mol. The Morgan fingerprint density at radius 1 is 1.00 bits per heavy atom. The Bertz CT molecular complexity index is 212. The number of halogens is 1. The number of hydrogen-bond donors (Lipinski definition) is 2. The number of rotatable bonds is 13. The minimum Gasteiger partial charge on any atom is -1.00 e. The number of carbonyl (C=O) groups is 1. The van der Waals surface area contributed by atoms with Gasteiger partial charge in [0.2, 0.25) is 0 Å². The van der Waals surface area contributed by atoms with Gasteiger partial charge < -0.3 is 11.8 Å². The van der Waals surface area contributed by atoms with E-state index in [1.165, 1.54) is 57.8 Å². The second-order valence-corrected chi connectivity index (χ2v) is 5.20. The second kappa shape index (κ2) is 20.2. The van der Waals surface area contributed by atoms with Crippen LogP contribution in [0.4, 0.5) is 0 Å². The summed E-state index contributed by atoms with van der Waals surface area (Å²) in [5, 5.41) is 11.7. The zero-order valence-corrected chi connectivity index (χ0v) is 17.9. The van der Waals surface area contributed by atoms with E-state index < -0.39 is 12.0 Å². The van der Waals surface area contributed by atoms with Crippen molar-refractivity contribution >= 4 is 29.9 Å². The molecule has 2 N–H and O–H groups in total. The van der Waals surface area contributed by atoms with E-state index in [-0.39, 0.29) is 55.0 Å². The van der Waals surface area contributed by atoms with Crippen LogP contribution in [0.2, 0.25) is 0 Å². The van der Waals surface area contributed by atoms with Crippen molar-refractivity contribution in [3.63, 3.8) is 0 Å². The van der Waals surface area contributed by atoms with E-state index in [0.29, 0.717) is 0 Å². The molecule has 0 radical (unpaired) electrons. The topological polar surface area (TPSA) is 49.3 Å². The summed E-state index contributed by atoms with van der Waals surface area (Å²) in [5.74, 6) is -0.762. The van der Waals surface area contributed by atoms with Gasteiger partial charge in [-0.05, 0) is 19.9 Å². The molecule has 20 heavy (non-hydrogen) atoms. The van der Waals surface area contributed by atoms with Crippen LogP contribution in [0.25, 0.3) is 0 Å². The SMILES string of the molecule is CCCCCCCCCCCCN[C@@H](C)C(=O)O.I.[H-].[Na+]. The monoisotopic (exact) mass is 409 g/mol. The molecule has 1 atom stereocenters. The van der Waals surface area contributed by atoms with Crippen LogP contribution in [0.15, 0.2) is 0 Å². The van der Waals surface area contributed by atoms with Crippen molar-refractivity contribution in [3.05, 3.63) is 0 Å². The van der Waals surface area contributed by atoms with Crippen LogP contribution >= 0.6 is 24.0 Å². The summed E-state index contributed by atoms with van der Waals surface area (Å²) in [6, 6.07) is -0.413. The Morgan fingerprint density at radius 2 is 1.40 bits per heavy atom. The third-order valence-electron chi connectivity index (χ3n) is 3.35. The van der Waals surface area contributed by atoms with E-state index in [1.807, 2.05) is 0 Å². The van der Waals surface area contributed by atoms with Crippen LogP contribution in [0, 0.1) is 0 Å². The number of unbranched alkanes of at least 4 members (excludes halogenated alkanes) is 9. The molecule has 0 aromatic rings. The molecule has 0 heterocycles. The van der Waals surface area contributed by atoms with E-state index in [1.54, 1.807) is 6.92 Å². The molecule has 3 nitrogen and oxygen atoms in total. The summed E-state index contributed by atoms with van der Waals surface area (Å²) in [4.78, 5) is 10.5. The summed E-state index contributed by atoms with van der Waals surface area (Å²) in [6.45, 7) is 4.77. The minimum atomic E-state index is -0.762. The van der Waals surface area contributed by atoms with Gasteiger partial charge in [-0.25, -0.2) is 0 Å². The fourth-order valence-electron chi connectivity index (χ4n) is 2.02. The van der Waals surface area contributed by atoms with Crippen molar-refractivity contribution in [3.8, 4) is 0 Å². The zero-order chi connectivity index (χ0) is 13.6. The molecule has 0 aromatic heterocycles. The van der Waals surface area contributed by atoms with Gasteiger partial charge in [0.05, 0.1) is 0 Å². The number of hydrogen-bond acceptors (Lipinski definition) is 2. The van der Waals surface area contributed by atoms with Crippen molar-refractivity contribution in [2.24, 2.45) is 0 Å². The van der Waals surface area contributed by atoms with E-state index in [2.05, 4.69) is 12.2 Å². The normalized spacial score (nSPS) is 11.3. The molecular formula is C15H33INNaO2. The van der Waals surface area contributed by atoms with Crippen LogP contribution in [0.3, 0.4) is 0 Å². The molecule has 0 bridgehead atoms. The third kappa shape index (κ3) is 19.2. The molecule has 0 saturated carbocycles. The summed E-state index contributed by atoms with van der Waals surface area (Å²) < 4.78 is 0. The Hall–Kier alpha value is 1.16. The number of nitrogens with one attached hydrogen (secondary N) is 1. The Labute approximate surface area is 165 Å². The van der Waals surface area contributed by atoms with Crippen LogP contribution in [0.5, 0.6) is 0 Å². The molecule has 0 aliphatic rings. The molecule has 0 fully saturated rings. The molecule has 0 aliphatic heterocycles. The third-order valence-corrected chi connectivity index (χ3v) is 3.35. The standard InChI is InChI=1S/C15H31NO2.HI.Na.H/c1-3-4-5-6-7-8-9-10-11-12-13-16-14(2)15(17)18;;;/h14,16H,3-13H2,1-2H3,(H,17,18);1H;;/q;;+1;-1/t14-;;;/m0.../s1. The van der Waals surface area contributed by atoms with Gasteiger partial charge in [0, 0.05) is 0 Å². The zero-order valence-electron chi connectivity index (χ0n) is 14.6. The Kier molecular flexibility index (Phi) is 26.3. The van der Waals surface area contributed by atoms with Gasteiger partial charge in [0.15, 0.2) is 0 Å². The van der Waals surface area contributed by atoms with E-state index in [0.717, 1.165) is 13.0 Å². The fourth-order valence-corrected chi connectivity index (χ4v) is 2.02. The maximum atomic E-state index is 10.5. The van der Waals surface area contributed by atoms with Crippen LogP contribution in [0.1, 0.15) is 79.5 Å². The molecule has 118 valence electrons. The predicted molar refractivity (Wildman–Crippen MR) is 93.5 cm³/mol. The Balaban J connectivity index is -0.000000482. The Morgan fingerprint density at radius 3 is 1.80 bits per heavy atom. The first-order chi connectivity index (χ1) is 8.68. The van der Waals surface area contributed by atoms with Crippen LogP contribution < -0.4 is 34.9 Å². The van der Waals surface area contributed by atoms with Gasteiger partial charge in [-0.15, -0.1) is 24.0 Å². The predicted octanol–water partition coefficient (Wildman–Crippen LogP) is 1.70. The quantitative estimate of drug-likeness (QED) is 0.277. The van der Waals surface area contributed by atoms with Crippen LogP contribution in [-0.2, 0) is 4.79 Å². The van der Waals surface area contributed by atoms with Crippen molar-refractivity contribution < 1.29 is 40.9 Å². The van der Waals surface area contributed by atoms with Gasteiger partial charge in [-0.1, -0.05) is 64.7 Å². The van der Waals surface area contributed by atoms with Gasteiger partial charge in [0.1, 0.15) is 6.04 Å². The molecule has 0 amide bonds. The summed E-state index contributed by atoms with van der Waals surface area (Å²) in [5.41, 5.74) is 0.